The molecule has 0 aliphatic carbocycles. The van der Waals surface area contributed by atoms with Crippen LogP contribution in [0.4, 0.5) is 0 Å². The van der Waals surface area contributed by atoms with E-state index in [-0.39, 0.29) is 12.3 Å². The molecule has 1 saturated heterocycles. The highest BCUT2D eigenvalue weighted by molar-refractivity contribution is 5.91. The van der Waals surface area contributed by atoms with Crippen LogP contribution < -0.4 is 16.3 Å². The molecule has 1 aromatic carbocycles. The molecule has 1 heterocycles. The van der Waals surface area contributed by atoms with Crippen molar-refractivity contribution in [2.45, 2.75) is 6.42 Å². The van der Waals surface area contributed by atoms with Crippen molar-refractivity contribution in [3.63, 3.8) is 0 Å². The Hall–Kier alpha value is -3.16. The third-order valence-electron chi connectivity index (χ3n) is 3.21. The zero-order valence-electron chi connectivity index (χ0n) is 12.5. The Morgan fingerprint density at radius 2 is 2.04 bits per heavy atom. The van der Waals surface area contributed by atoms with Gasteiger partial charge in [-0.3, -0.25) is 15.0 Å². The van der Waals surface area contributed by atoms with Crippen molar-refractivity contribution in [2.24, 2.45) is 11.0 Å². The molecule has 8 nitrogen and oxygen atoms in total. The zero-order chi connectivity index (χ0) is 16.8. The molecule has 3 N–H and O–H groups in total. The molecule has 1 aromatic rings. The number of amides is 2. The van der Waals surface area contributed by atoms with Gasteiger partial charge in [-0.15, -0.1) is 0 Å². The van der Waals surface area contributed by atoms with Gasteiger partial charge in [0.05, 0.1) is 24.8 Å². The molecular weight excluding hydrogens is 300 g/mol. The van der Waals surface area contributed by atoms with Crippen molar-refractivity contribution < 1.29 is 19.1 Å². The van der Waals surface area contributed by atoms with Gasteiger partial charge < -0.3 is 10.2 Å². The highest BCUT2D eigenvalue weighted by Crippen LogP contribution is 2.15. The maximum Gasteiger partial charge on any atom is 0.337 e. The fourth-order valence-electron chi connectivity index (χ4n) is 1.92. The molecule has 1 aliphatic rings. The number of carbonyl (C=O) groups excluding carboxylic acids is 3. The molecule has 1 unspecified atom stereocenters. The van der Waals surface area contributed by atoms with Crippen molar-refractivity contribution in [3.8, 4) is 0 Å². The SMILES string of the molecule is C=C1NNC(=O)C1CC(=O)NN=Cc1ccc(C(=O)OC)cc1. The Bertz CT molecular complexity index is 651. The van der Waals surface area contributed by atoms with E-state index in [1.807, 2.05) is 0 Å². The van der Waals surface area contributed by atoms with E-state index in [2.05, 4.69) is 32.7 Å². The Morgan fingerprint density at radius 1 is 1.35 bits per heavy atom. The second-order valence-corrected chi connectivity index (χ2v) is 4.80. The van der Waals surface area contributed by atoms with Crippen molar-refractivity contribution in [1.82, 2.24) is 16.3 Å². The van der Waals surface area contributed by atoms with Gasteiger partial charge in [-0.25, -0.2) is 10.2 Å². The topological polar surface area (TPSA) is 109 Å². The Morgan fingerprint density at radius 3 is 2.61 bits per heavy atom. The number of hydrazone groups is 1. The lowest BCUT2D eigenvalue weighted by Gasteiger charge is -2.05. The normalized spacial score (nSPS) is 16.8. The van der Waals surface area contributed by atoms with Crippen molar-refractivity contribution in [2.75, 3.05) is 7.11 Å². The van der Waals surface area contributed by atoms with Crippen LogP contribution in [0, 0.1) is 5.92 Å². The Labute approximate surface area is 132 Å². The third-order valence-corrected chi connectivity index (χ3v) is 3.21. The van der Waals surface area contributed by atoms with E-state index in [4.69, 9.17) is 0 Å². The van der Waals surface area contributed by atoms with E-state index in [0.717, 1.165) is 0 Å². The minimum atomic E-state index is -0.607. The van der Waals surface area contributed by atoms with E-state index in [1.165, 1.54) is 13.3 Å². The summed E-state index contributed by atoms with van der Waals surface area (Å²) in [6.45, 7) is 3.65. The van der Waals surface area contributed by atoms with Crippen LogP contribution in [-0.4, -0.2) is 31.1 Å². The molecule has 23 heavy (non-hydrogen) atoms. The van der Waals surface area contributed by atoms with Crippen molar-refractivity contribution in [1.29, 1.82) is 0 Å². The fraction of sp³-hybridized carbons (Fsp3) is 0.200. The second kappa shape index (κ2) is 7.21. The minimum Gasteiger partial charge on any atom is -0.465 e. The molecule has 120 valence electrons. The quantitative estimate of drug-likeness (QED) is 0.405. The predicted octanol–water partition coefficient (Wildman–Crippen LogP) is 0.0777. The summed E-state index contributed by atoms with van der Waals surface area (Å²) in [5, 5.41) is 3.81. The number of ether oxygens (including phenoxy) is 1. The highest BCUT2D eigenvalue weighted by Gasteiger charge is 2.29. The summed E-state index contributed by atoms with van der Waals surface area (Å²) >= 11 is 0. The number of hydrogen-bond acceptors (Lipinski definition) is 6. The molecule has 0 radical (unpaired) electrons. The van der Waals surface area contributed by atoms with Gasteiger partial charge >= 0.3 is 5.97 Å². The monoisotopic (exact) mass is 316 g/mol. The van der Waals surface area contributed by atoms with E-state index in [1.54, 1.807) is 24.3 Å². The van der Waals surface area contributed by atoms with Crippen LogP contribution in [0.2, 0.25) is 0 Å². The molecule has 0 aromatic heterocycles. The first kappa shape index (κ1) is 16.2. The van der Waals surface area contributed by atoms with Gasteiger partial charge in [0, 0.05) is 12.1 Å². The molecule has 0 bridgehead atoms. The number of methoxy groups -OCH3 is 1. The van der Waals surface area contributed by atoms with Crippen LogP contribution in [-0.2, 0) is 14.3 Å². The molecule has 1 fully saturated rings. The lowest BCUT2D eigenvalue weighted by atomic mass is 10.0. The number of nitrogens with zero attached hydrogens (tertiary/aromatic N) is 1. The van der Waals surface area contributed by atoms with E-state index >= 15 is 0 Å². The number of nitrogens with one attached hydrogen (secondary N) is 3. The maximum absolute atomic E-state index is 11.7. The third kappa shape index (κ3) is 4.16. The molecular formula is C15H16N4O4. The van der Waals surface area contributed by atoms with Gasteiger partial charge in [-0.05, 0) is 17.7 Å². The first-order valence-corrected chi connectivity index (χ1v) is 6.76. The average molecular weight is 316 g/mol. The Kier molecular flexibility index (Phi) is 5.08. The number of rotatable bonds is 5. The van der Waals surface area contributed by atoms with Crippen molar-refractivity contribution >= 4 is 24.0 Å². The average Bonchev–Trinajstić information content (AvgIpc) is 2.86. The summed E-state index contributed by atoms with van der Waals surface area (Å²) in [7, 11) is 1.31. The first-order chi connectivity index (χ1) is 11.0. The Balaban J connectivity index is 1.86. The summed E-state index contributed by atoms with van der Waals surface area (Å²) in [5.41, 5.74) is 8.87. The number of carbonyl (C=O) groups is 3. The van der Waals surface area contributed by atoms with Gasteiger partial charge in [-0.2, -0.15) is 5.10 Å². The van der Waals surface area contributed by atoms with Crippen LogP contribution in [0.25, 0.3) is 0 Å². The maximum atomic E-state index is 11.7. The van der Waals surface area contributed by atoms with Crippen LogP contribution in [0.5, 0.6) is 0 Å². The van der Waals surface area contributed by atoms with Gasteiger partial charge in [0.2, 0.25) is 11.8 Å². The minimum absolute atomic E-state index is 0.0454. The summed E-state index contributed by atoms with van der Waals surface area (Å²) < 4.78 is 4.59. The smallest absolute Gasteiger partial charge is 0.337 e. The summed E-state index contributed by atoms with van der Waals surface area (Å²) in [5.74, 6) is -1.74. The standard InChI is InChI=1S/C15H16N4O4/c1-9-12(14(21)19-17-9)7-13(20)18-16-8-10-3-5-11(6-4-10)15(22)23-2/h3-6,8,12,17H,1,7H2,2H3,(H,18,20)(H,19,21). The van der Waals surface area contributed by atoms with E-state index in [0.29, 0.717) is 16.8 Å². The zero-order valence-corrected chi connectivity index (χ0v) is 12.5. The lowest BCUT2D eigenvalue weighted by Crippen LogP contribution is -2.27. The predicted molar refractivity (Wildman–Crippen MR) is 82.0 cm³/mol. The first-order valence-electron chi connectivity index (χ1n) is 6.76. The number of hydrogen-bond donors (Lipinski definition) is 3. The van der Waals surface area contributed by atoms with E-state index < -0.39 is 17.8 Å². The number of hydrazine groups is 1. The molecule has 1 aliphatic heterocycles. The van der Waals surface area contributed by atoms with Crippen LogP contribution >= 0.6 is 0 Å². The number of benzene rings is 1. The number of esters is 1. The molecule has 0 saturated carbocycles. The molecule has 2 rings (SSSR count). The lowest BCUT2D eigenvalue weighted by molar-refractivity contribution is -0.127. The molecule has 2 amide bonds. The van der Waals surface area contributed by atoms with Gasteiger partial charge in [0.25, 0.3) is 0 Å². The second-order valence-electron chi connectivity index (χ2n) is 4.80. The van der Waals surface area contributed by atoms with Gasteiger partial charge in [0.1, 0.15) is 0 Å². The highest BCUT2D eigenvalue weighted by atomic mass is 16.5. The molecule has 8 heteroatoms. The van der Waals surface area contributed by atoms with E-state index in [9.17, 15) is 14.4 Å². The summed E-state index contributed by atoms with van der Waals surface area (Å²) in [6, 6.07) is 6.51. The fourth-order valence-corrected chi connectivity index (χ4v) is 1.92. The largest absolute Gasteiger partial charge is 0.465 e. The van der Waals surface area contributed by atoms with Crippen LogP contribution in [0.1, 0.15) is 22.3 Å². The summed E-state index contributed by atoms with van der Waals surface area (Å²) in [6.07, 6.45) is 1.39. The molecule has 0 spiro atoms. The van der Waals surface area contributed by atoms with Crippen LogP contribution in [0.15, 0.2) is 41.6 Å². The van der Waals surface area contributed by atoms with Crippen molar-refractivity contribution in [3.05, 3.63) is 47.7 Å². The van der Waals surface area contributed by atoms with Crippen LogP contribution in [0.3, 0.4) is 0 Å². The molecule has 1 atom stereocenters. The van der Waals surface area contributed by atoms with Gasteiger partial charge in [0.15, 0.2) is 0 Å². The summed E-state index contributed by atoms with van der Waals surface area (Å²) in [4.78, 5) is 34.5. The van der Waals surface area contributed by atoms with Gasteiger partial charge in [-0.1, -0.05) is 18.7 Å².